The van der Waals surface area contributed by atoms with Crippen LogP contribution < -0.4 is 14.9 Å². The van der Waals surface area contributed by atoms with Crippen LogP contribution in [-0.2, 0) is 17.8 Å². The van der Waals surface area contributed by atoms with E-state index in [1.54, 1.807) is 18.2 Å². The predicted molar refractivity (Wildman–Crippen MR) is 129 cm³/mol. The molecule has 3 aromatic carbocycles. The Morgan fingerprint density at radius 3 is 2.53 bits per heavy atom. The SMILES string of the molecule is COc1cc(/C=N\NC(=O)Cc2ccc(C)cc2C)cc(Cl)c1OCc1ccccc1Cl. The molecule has 0 aliphatic heterocycles. The summed E-state index contributed by atoms with van der Waals surface area (Å²) in [4.78, 5) is 12.2. The summed E-state index contributed by atoms with van der Waals surface area (Å²) < 4.78 is 11.3. The Balaban J connectivity index is 1.65. The van der Waals surface area contributed by atoms with Gasteiger partial charge in [0.05, 0.1) is 24.8 Å². The van der Waals surface area contributed by atoms with Crippen molar-refractivity contribution in [3.05, 3.63) is 92.5 Å². The van der Waals surface area contributed by atoms with E-state index < -0.39 is 0 Å². The van der Waals surface area contributed by atoms with Gasteiger partial charge < -0.3 is 9.47 Å². The Kier molecular flexibility index (Phi) is 8.14. The smallest absolute Gasteiger partial charge is 0.244 e. The number of rotatable bonds is 8. The van der Waals surface area contributed by atoms with Crippen LogP contribution in [0.4, 0.5) is 0 Å². The van der Waals surface area contributed by atoms with Gasteiger partial charge >= 0.3 is 0 Å². The van der Waals surface area contributed by atoms with Crippen LogP contribution in [0.3, 0.4) is 0 Å². The van der Waals surface area contributed by atoms with E-state index in [1.165, 1.54) is 13.3 Å². The molecule has 1 N–H and O–H groups in total. The van der Waals surface area contributed by atoms with Crippen LogP contribution in [0.5, 0.6) is 11.5 Å². The van der Waals surface area contributed by atoms with Crippen molar-refractivity contribution in [3.8, 4) is 11.5 Å². The minimum absolute atomic E-state index is 0.203. The number of benzene rings is 3. The van der Waals surface area contributed by atoms with E-state index in [1.807, 2.05) is 44.2 Å². The molecule has 32 heavy (non-hydrogen) atoms. The first kappa shape index (κ1) is 23.6. The van der Waals surface area contributed by atoms with Gasteiger partial charge in [-0.25, -0.2) is 5.43 Å². The zero-order valence-electron chi connectivity index (χ0n) is 18.1. The number of amides is 1. The monoisotopic (exact) mass is 470 g/mol. The molecule has 166 valence electrons. The summed E-state index contributed by atoms with van der Waals surface area (Å²) in [6.45, 7) is 4.26. The van der Waals surface area contributed by atoms with E-state index in [0.717, 1.165) is 22.3 Å². The quantitative estimate of drug-likeness (QED) is 0.329. The van der Waals surface area contributed by atoms with Crippen LogP contribution in [0, 0.1) is 13.8 Å². The highest BCUT2D eigenvalue weighted by molar-refractivity contribution is 6.32. The summed E-state index contributed by atoms with van der Waals surface area (Å²) in [6, 6.07) is 16.8. The molecule has 0 saturated heterocycles. The number of aryl methyl sites for hydroxylation is 2. The number of hydrogen-bond acceptors (Lipinski definition) is 4. The van der Waals surface area contributed by atoms with Crippen LogP contribution in [-0.4, -0.2) is 19.2 Å². The summed E-state index contributed by atoms with van der Waals surface area (Å²) >= 11 is 12.6. The number of hydrogen-bond donors (Lipinski definition) is 1. The van der Waals surface area contributed by atoms with Gasteiger partial charge in [0.25, 0.3) is 0 Å². The van der Waals surface area contributed by atoms with Gasteiger partial charge in [0.1, 0.15) is 6.61 Å². The van der Waals surface area contributed by atoms with Gasteiger partial charge in [-0.1, -0.05) is 65.2 Å². The average molecular weight is 471 g/mol. The molecular weight excluding hydrogens is 447 g/mol. The molecule has 0 aliphatic rings. The van der Waals surface area contributed by atoms with Crippen molar-refractivity contribution < 1.29 is 14.3 Å². The van der Waals surface area contributed by atoms with E-state index >= 15 is 0 Å². The van der Waals surface area contributed by atoms with E-state index in [4.69, 9.17) is 32.7 Å². The van der Waals surface area contributed by atoms with Crippen molar-refractivity contribution in [2.45, 2.75) is 26.9 Å². The fraction of sp³-hybridized carbons (Fsp3) is 0.200. The molecule has 0 unspecified atom stereocenters. The maximum absolute atomic E-state index is 12.2. The second kappa shape index (κ2) is 11.0. The van der Waals surface area contributed by atoms with Crippen LogP contribution in [0.15, 0.2) is 59.7 Å². The summed E-state index contributed by atoms with van der Waals surface area (Å²) in [7, 11) is 1.53. The second-order valence-corrected chi connectivity index (χ2v) is 8.13. The Bertz CT molecular complexity index is 1150. The number of ether oxygens (including phenoxy) is 2. The lowest BCUT2D eigenvalue weighted by atomic mass is 10.0. The molecule has 1 amide bonds. The van der Waals surface area contributed by atoms with E-state index in [2.05, 4.69) is 16.6 Å². The molecule has 5 nitrogen and oxygen atoms in total. The van der Waals surface area contributed by atoms with Crippen LogP contribution in [0.25, 0.3) is 0 Å². The van der Waals surface area contributed by atoms with Gasteiger partial charge in [0.2, 0.25) is 5.91 Å². The first-order valence-electron chi connectivity index (χ1n) is 9.99. The van der Waals surface area contributed by atoms with Crippen LogP contribution in [0.1, 0.15) is 27.8 Å². The predicted octanol–water partition coefficient (Wildman–Crippen LogP) is 5.89. The number of carbonyl (C=O) groups excluding carboxylic acids is 1. The normalized spacial score (nSPS) is 10.9. The fourth-order valence-electron chi connectivity index (χ4n) is 3.16. The van der Waals surface area contributed by atoms with Crippen molar-refractivity contribution in [2.75, 3.05) is 7.11 Å². The van der Waals surface area contributed by atoms with Crippen molar-refractivity contribution in [1.82, 2.24) is 5.43 Å². The number of methoxy groups -OCH3 is 1. The minimum Gasteiger partial charge on any atom is -0.493 e. The molecule has 0 saturated carbocycles. The molecule has 0 heterocycles. The third kappa shape index (κ3) is 6.25. The molecule has 0 fully saturated rings. The highest BCUT2D eigenvalue weighted by Crippen LogP contribution is 2.37. The van der Waals surface area contributed by atoms with Gasteiger partial charge in [-0.3, -0.25) is 4.79 Å². The summed E-state index contributed by atoms with van der Waals surface area (Å²) in [5.41, 5.74) is 7.24. The summed E-state index contributed by atoms with van der Waals surface area (Å²) in [6.07, 6.45) is 1.76. The van der Waals surface area contributed by atoms with E-state index in [-0.39, 0.29) is 18.9 Å². The standard InChI is InChI=1S/C25H24Cl2N2O3/c1-16-8-9-19(17(2)10-16)13-24(30)29-28-14-18-11-22(27)25(23(12-18)31-3)32-15-20-6-4-5-7-21(20)26/h4-12,14H,13,15H2,1-3H3,(H,29,30)/b28-14-. The molecule has 7 heteroatoms. The zero-order chi connectivity index (χ0) is 23.1. The highest BCUT2D eigenvalue weighted by Gasteiger charge is 2.13. The lowest BCUT2D eigenvalue weighted by molar-refractivity contribution is -0.120. The Morgan fingerprint density at radius 1 is 1.03 bits per heavy atom. The topological polar surface area (TPSA) is 59.9 Å². The maximum atomic E-state index is 12.2. The summed E-state index contributed by atoms with van der Waals surface area (Å²) in [5, 5.41) is 5.01. The van der Waals surface area contributed by atoms with Gasteiger partial charge in [-0.05, 0) is 48.7 Å². The molecule has 0 aliphatic carbocycles. The third-order valence-corrected chi connectivity index (χ3v) is 5.48. The number of nitrogens with one attached hydrogen (secondary N) is 1. The van der Waals surface area contributed by atoms with Crippen LogP contribution in [0.2, 0.25) is 10.0 Å². The Hall–Kier alpha value is -3.02. The van der Waals surface area contributed by atoms with Crippen molar-refractivity contribution in [1.29, 1.82) is 0 Å². The number of carbonyl (C=O) groups is 1. The molecular formula is C25H24Cl2N2O3. The third-order valence-electron chi connectivity index (χ3n) is 4.83. The molecule has 3 rings (SSSR count). The molecule has 3 aromatic rings. The van der Waals surface area contributed by atoms with Gasteiger partial charge in [-0.2, -0.15) is 5.10 Å². The largest absolute Gasteiger partial charge is 0.493 e. The lowest BCUT2D eigenvalue weighted by Gasteiger charge is -2.14. The molecule has 0 atom stereocenters. The Labute approximate surface area is 198 Å². The number of hydrazone groups is 1. The van der Waals surface area contributed by atoms with Crippen molar-refractivity contribution >= 4 is 35.3 Å². The van der Waals surface area contributed by atoms with Crippen molar-refractivity contribution in [2.24, 2.45) is 5.10 Å². The second-order valence-electron chi connectivity index (χ2n) is 7.31. The summed E-state index contributed by atoms with van der Waals surface area (Å²) in [5.74, 6) is 0.656. The van der Waals surface area contributed by atoms with Crippen LogP contribution >= 0.6 is 23.2 Å². The van der Waals surface area contributed by atoms with Gasteiger partial charge in [-0.15, -0.1) is 0 Å². The Morgan fingerprint density at radius 2 is 1.81 bits per heavy atom. The first-order chi connectivity index (χ1) is 15.4. The zero-order valence-corrected chi connectivity index (χ0v) is 19.6. The molecule has 0 aromatic heterocycles. The minimum atomic E-state index is -0.203. The van der Waals surface area contributed by atoms with Gasteiger partial charge in [0, 0.05) is 10.6 Å². The molecule has 0 bridgehead atoms. The fourth-order valence-corrected chi connectivity index (χ4v) is 3.62. The number of halogens is 2. The average Bonchev–Trinajstić information content (AvgIpc) is 2.75. The van der Waals surface area contributed by atoms with Gasteiger partial charge in [0.15, 0.2) is 11.5 Å². The number of nitrogens with zero attached hydrogens (tertiary/aromatic N) is 1. The lowest BCUT2D eigenvalue weighted by Crippen LogP contribution is -2.20. The van der Waals surface area contributed by atoms with E-state index in [9.17, 15) is 4.79 Å². The maximum Gasteiger partial charge on any atom is 0.244 e. The van der Waals surface area contributed by atoms with Crippen molar-refractivity contribution in [3.63, 3.8) is 0 Å². The molecule has 0 spiro atoms. The first-order valence-corrected chi connectivity index (χ1v) is 10.7. The van der Waals surface area contributed by atoms with E-state index in [0.29, 0.717) is 27.1 Å². The highest BCUT2D eigenvalue weighted by atomic mass is 35.5. The molecule has 0 radical (unpaired) electrons.